The van der Waals surface area contributed by atoms with Crippen LogP contribution in [0.4, 0.5) is 5.88 Å². The van der Waals surface area contributed by atoms with E-state index in [9.17, 15) is 4.79 Å². The van der Waals surface area contributed by atoms with Gasteiger partial charge in [0.05, 0.1) is 22.9 Å². The van der Waals surface area contributed by atoms with Gasteiger partial charge in [-0.1, -0.05) is 5.16 Å². The van der Waals surface area contributed by atoms with Gasteiger partial charge in [-0.25, -0.2) is 4.98 Å². The van der Waals surface area contributed by atoms with E-state index >= 15 is 0 Å². The Labute approximate surface area is 121 Å². The monoisotopic (exact) mass is 294 g/mol. The summed E-state index contributed by atoms with van der Waals surface area (Å²) in [6.07, 6.45) is 0. The highest BCUT2D eigenvalue weighted by Gasteiger charge is 2.20. The third kappa shape index (κ3) is 3.43. The average molecular weight is 294 g/mol. The van der Waals surface area contributed by atoms with Crippen molar-refractivity contribution in [3.8, 4) is 0 Å². The molecule has 108 valence electrons. The minimum atomic E-state index is -0.276. The minimum absolute atomic E-state index is 0.120. The summed E-state index contributed by atoms with van der Waals surface area (Å²) in [5.74, 6) is 0.257. The largest absolute Gasteiger partial charge is 0.338 e. The number of anilines is 1. The van der Waals surface area contributed by atoms with Crippen molar-refractivity contribution in [2.75, 3.05) is 12.4 Å². The van der Waals surface area contributed by atoms with Gasteiger partial charge in [0.1, 0.15) is 0 Å². The van der Waals surface area contributed by atoms with Crippen LogP contribution in [0.2, 0.25) is 0 Å². The van der Waals surface area contributed by atoms with E-state index in [0.717, 1.165) is 11.4 Å². The third-order valence-electron chi connectivity index (χ3n) is 3.15. The quantitative estimate of drug-likeness (QED) is 0.915. The fraction of sp³-hybridized carbons (Fsp3) is 0.462. The highest BCUT2D eigenvalue weighted by molar-refractivity contribution is 7.09. The van der Waals surface area contributed by atoms with Crippen LogP contribution in [0.1, 0.15) is 23.2 Å². The van der Waals surface area contributed by atoms with E-state index in [1.54, 1.807) is 24.3 Å². The molecule has 2 rings (SSSR count). The fourth-order valence-electron chi connectivity index (χ4n) is 1.69. The Morgan fingerprint density at radius 2 is 2.30 bits per heavy atom. The third-order valence-corrected chi connectivity index (χ3v) is 4.07. The molecule has 1 unspecified atom stereocenters. The molecule has 0 radical (unpaired) electrons. The molecule has 6 nitrogen and oxygen atoms in total. The maximum Gasteiger partial charge on any atom is 0.243 e. The van der Waals surface area contributed by atoms with Gasteiger partial charge < -0.3 is 4.52 Å². The molecule has 0 saturated carbocycles. The smallest absolute Gasteiger partial charge is 0.243 e. The second-order valence-corrected chi connectivity index (χ2v) is 5.71. The van der Waals surface area contributed by atoms with Crippen molar-refractivity contribution in [3.05, 3.63) is 27.8 Å². The molecule has 1 amide bonds. The summed E-state index contributed by atoms with van der Waals surface area (Å²) in [4.78, 5) is 19.5. The lowest BCUT2D eigenvalue weighted by Crippen LogP contribution is -2.39. The molecule has 1 atom stereocenters. The lowest BCUT2D eigenvalue weighted by atomic mass is 10.2. The normalized spacial score (nSPS) is 12.7. The number of likely N-dealkylation sites (N-methyl/N-ethyl adjacent to an activating group) is 1. The van der Waals surface area contributed by atoms with Gasteiger partial charge in [0.2, 0.25) is 11.8 Å². The van der Waals surface area contributed by atoms with Gasteiger partial charge in [0.25, 0.3) is 0 Å². The van der Waals surface area contributed by atoms with E-state index in [4.69, 9.17) is 4.52 Å². The van der Waals surface area contributed by atoms with Crippen LogP contribution >= 0.6 is 11.3 Å². The highest BCUT2D eigenvalue weighted by atomic mass is 32.1. The highest BCUT2D eigenvalue weighted by Crippen LogP contribution is 2.16. The van der Waals surface area contributed by atoms with Gasteiger partial charge in [-0.15, -0.1) is 11.3 Å². The zero-order chi connectivity index (χ0) is 14.7. The Kier molecular flexibility index (Phi) is 4.51. The van der Waals surface area contributed by atoms with Crippen molar-refractivity contribution in [2.24, 2.45) is 0 Å². The Bertz CT molecular complexity index is 593. The maximum atomic E-state index is 12.1. The summed E-state index contributed by atoms with van der Waals surface area (Å²) >= 11 is 1.60. The molecule has 0 aliphatic carbocycles. The van der Waals surface area contributed by atoms with Crippen LogP contribution in [-0.4, -0.2) is 34.0 Å². The van der Waals surface area contributed by atoms with E-state index in [2.05, 4.69) is 15.5 Å². The lowest BCUT2D eigenvalue weighted by Gasteiger charge is -2.22. The van der Waals surface area contributed by atoms with Crippen LogP contribution in [0, 0.1) is 13.8 Å². The van der Waals surface area contributed by atoms with Crippen molar-refractivity contribution in [3.63, 3.8) is 0 Å². The summed E-state index contributed by atoms with van der Waals surface area (Å²) in [7, 11) is 1.91. The number of carbonyl (C=O) groups is 1. The van der Waals surface area contributed by atoms with E-state index < -0.39 is 0 Å². The standard InChI is InChI=1S/C13H18N4O2S/c1-8-5-12(19-16-8)15-13(18)10(3)17(4)6-11-9(2)14-7-20-11/h5,7,10H,6H2,1-4H3,(H,15,18). The summed E-state index contributed by atoms with van der Waals surface area (Å²) in [6.45, 7) is 6.33. The van der Waals surface area contributed by atoms with Gasteiger partial charge in [-0.2, -0.15) is 0 Å². The number of nitrogens with zero attached hydrogens (tertiary/aromatic N) is 3. The molecule has 2 aromatic rings. The summed E-state index contributed by atoms with van der Waals surface area (Å²) in [6, 6.07) is 1.42. The topological polar surface area (TPSA) is 71.3 Å². The summed E-state index contributed by atoms with van der Waals surface area (Å²) in [5, 5.41) is 6.45. The van der Waals surface area contributed by atoms with Crippen molar-refractivity contribution in [1.82, 2.24) is 15.0 Å². The zero-order valence-corrected chi connectivity index (χ0v) is 12.8. The van der Waals surface area contributed by atoms with Gasteiger partial charge in [-0.3, -0.25) is 15.0 Å². The molecular formula is C13H18N4O2S. The number of hydrogen-bond acceptors (Lipinski definition) is 6. The Hall–Kier alpha value is -1.73. The van der Waals surface area contributed by atoms with E-state index in [-0.39, 0.29) is 11.9 Å². The number of amides is 1. The van der Waals surface area contributed by atoms with Crippen molar-refractivity contribution in [1.29, 1.82) is 0 Å². The van der Waals surface area contributed by atoms with Gasteiger partial charge in [-0.05, 0) is 27.8 Å². The van der Waals surface area contributed by atoms with Crippen molar-refractivity contribution < 1.29 is 9.32 Å². The minimum Gasteiger partial charge on any atom is -0.338 e. The summed E-state index contributed by atoms with van der Waals surface area (Å²) < 4.78 is 4.98. The predicted octanol–water partition coefficient (Wildman–Crippen LogP) is 2.21. The molecule has 7 heteroatoms. The first-order valence-corrected chi connectivity index (χ1v) is 7.18. The fourth-order valence-corrected chi connectivity index (χ4v) is 2.53. The van der Waals surface area contributed by atoms with Crippen molar-refractivity contribution in [2.45, 2.75) is 33.4 Å². The molecule has 0 spiro atoms. The van der Waals surface area contributed by atoms with E-state index in [0.29, 0.717) is 12.4 Å². The number of carbonyl (C=O) groups excluding carboxylic acids is 1. The Morgan fingerprint density at radius 3 is 2.85 bits per heavy atom. The molecule has 20 heavy (non-hydrogen) atoms. The molecule has 2 aromatic heterocycles. The lowest BCUT2D eigenvalue weighted by molar-refractivity contribution is -0.120. The first kappa shape index (κ1) is 14.7. The summed E-state index contributed by atoms with van der Waals surface area (Å²) in [5.41, 5.74) is 3.57. The van der Waals surface area contributed by atoms with Crippen LogP contribution in [0.5, 0.6) is 0 Å². The second kappa shape index (κ2) is 6.15. The molecular weight excluding hydrogens is 276 g/mol. The van der Waals surface area contributed by atoms with Crippen LogP contribution < -0.4 is 5.32 Å². The molecule has 2 heterocycles. The number of hydrogen-bond donors (Lipinski definition) is 1. The zero-order valence-electron chi connectivity index (χ0n) is 12.0. The first-order chi connectivity index (χ1) is 9.47. The molecule has 0 bridgehead atoms. The molecule has 0 aliphatic rings. The van der Waals surface area contributed by atoms with Gasteiger partial charge >= 0.3 is 0 Å². The van der Waals surface area contributed by atoms with Gasteiger partial charge in [0, 0.05) is 17.5 Å². The number of thiazole rings is 1. The van der Waals surface area contributed by atoms with Gasteiger partial charge in [0.15, 0.2) is 0 Å². The van der Waals surface area contributed by atoms with Crippen LogP contribution in [0.3, 0.4) is 0 Å². The average Bonchev–Trinajstić information content (AvgIpc) is 2.98. The van der Waals surface area contributed by atoms with Crippen LogP contribution in [0.15, 0.2) is 16.1 Å². The number of nitrogens with one attached hydrogen (secondary N) is 1. The van der Waals surface area contributed by atoms with Crippen molar-refractivity contribution >= 4 is 23.1 Å². The number of aryl methyl sites for hydroxylation is 2. The maximum absolute atomic E-state index is 12.1. The molecule has 0 fully saturated rings. The van der Waals surface area contributed by atoms with Crippen LogP contribution in [-0.2, 0) is 11.3 Å². The number of rotatable bonds is 5. The molecule has 1 N–H and O–H groups in total. The number of aromatic nitrogens is 2. The van der Waals surface area contributed by atoms with E-state index in [1.807, 2.05) is 31.3 Å². The van der Waals surface area contributed by atoms with Crippen LogP contribution in [0.25, 0.3) is 0 Å². The molecule has 0 aliphatic heterocycles. The Morgan fingerprint density at radius 1 is 1.55 bits per heavy atom. The molecule has 0 aromatic carbocycles. The second-order valence-electron chi connectivity index (χ2n) is 4.77. The Balaban J connectivity index is 1.94. The van der Waals surface area contributed by atoms with E-state index in [1.165, 1.54) is 4.88 Å². The predicted molar refractivity (Wildman–Crippen MR) is 77.6 cm³/mol. The first-order valence-electron chi connectivity index (χ1n) is 6.30. The molecule has 0 saturated heterocycles. The SMILES string of the molecule is Cc1cc(NC(=O)C(C)N(C)Cc2scnc2C)on1.